The fourth-order valence-corrected chi connectivity index (χ4v) is 1.63. The molecular formula is C12H15N3. The van der Waals surface area contributed by atoms with Gasteiger partial charge in [0.25, 0.3) is 0 Å². The van der Waals surface area contributed by atoms with E-state index in [0.717, 1.165) is 12.1 Å². The van der Waals surface area contributed by atoms with E-state index < -0.39 is 0 Å². The van der Waals surface area contributed by atoms with Crippen LogP contribution in [0.3, 0.4) is 0 Å². The lowest BCUT2D eigenvalue weighted by atomic mass is 10.0. The van der Waals surface area contributed by atoms with Crippen LogP contribution in [-0.2, 0) is 13.5 Å². The second kappa shape index (κ2) is 3.77. The minimum atomic E-state index is 0.707. The number of benzene rings is 1. The fraction of sp³-hybridized carbons (Fsp3) is 0.250. The maximum Gasteiger partial charge on any atom is 0.121 e. The van der Waals surface area contributed by atoms with Crippen LogP contribution in [0.2, 0.25) is 0 Å². The number of nitrogens with two attached hydrogens (primary N) is 1. The topological polar surface area (TPSA) is 43.8 Å². The summed E-state index contributed by atoms with van der Waals surface area (Å²) >= 11 is 0. The van der Waals surface area contributed by atoms with Crippen LogP contribution in [0.25, 0.3) is 0 Å². The molecule has 0 fully saturated rings. The number of aromatic nitrogens is 2. The van der Waals surface area contributed by atoms with Gasteiger partial charge < -0.3 is 5.73 Å². The van der Waals surface area contributed by atoms with E-state index >= 15 is 0 Å². The van der Waals surface area contributed by atoms with E-state index in [4.69, 9.17) is 5.73 Å². The molecule has 0 aliphatic heterocycles. The van der Waals surface area contributed by atoms with Crippen molar-refractivity contribution >= 4 is 5.82 Å². The van der Waals surface area contributed by atoms with Gasteiger partial charge in [-0.2, -0.15) is 5.10 Å². The number of anilines is 1. The Labute approximate surface area is 89.5 Å². The van der Waals surface area contributed by atoms with Crippen molar-refractivity contribution < 1.29 is 0 Å². The molecule has 0 atom stereocenters. The molecule has 0 spiro atoms. The third-order valence-electron chi connectivity index (χ3n) is 2.60. The lowest BCUT2D eigenvalue weighted by Gasteiger charge is -2.02. The molecule has 0 saturated heterocycles. The predicted octanol–water partition coefficient (Wildman–Crippen LogP) is 1.90. The Morgan fingerprint density at radius 3 is 2.67 bits per heavy atom. The van der Waals surface area contributed by atoms with Crippen LogP contribution in [0.5, 0.6) is 0 Å². The normalized spacial score (nSPS) is 10.5. The zero-order chi connectivity index (χ0) is 10.8. The van der Waals surface area contributed by atoms with E-state index in [1.807, 2.05) is 19.2 Å². The van der Waals surface area contributed by atoms with Gasteiger partial charge in [-0.15, -0.1) is 0 Å². The number of hydrogen-bond acceptors (Lipinski definition) is 2. The molecule has 0 bridgehead atoms. The van der Waals surface area contributed by atoms with Crippen molar-refractivity contribution in [2.75, 3.05) is 5.73 Å². The van der Waals surface area contributed by atoms with E-state index in [1.54, 1.807) is 4.68 Å². The molecule has 2 N–H and O–H groups in total. The molecule has 3 heteroatoms. The Morgan fingerprint density at radius 2 is 2.07 bits per heavy atom. The smallest absolute Gasteiger partial charge is 0.121 e. The van der Waals surface area contributed by atoms with Gasteiger partial charge in [-0.25, -0.2) is 0 Å². The summed E-state index contributed by atoms with van der Waals surface area (Å²) in [4.78, 5) is 0. The van der Waals surface area contributed by atoms with Gasteiger partial charge in [0, 0.05) is 19.5 Å². The number of rotatable bonds is 2. The first-order valence-corrected chi connectivity index (χ1v) is 4.99. The molecule has 1 heterocycles. The minimum Gasteiger partial charge on any atom is -0.384 e. The summed E-state index contributed by atoms with van der Waals surface area (Å²) in [7, 11) is 1.86. The van der Waals surface area contributed by atoms with Gasteiger partial charge in [0.05, 0.1) is 5.69 Å². The number of hydrogen-bond donors (Lipinski definition) is 1. The van der Waals surface area contributed by atoms with Crippen LogP contribution in [0, 0.1) is 6.92 Å². The molecule has 0 aliphatic carbocycles. The summed E-state index contributed by atoms with van der Waals surface area (Å²) in [5.74, 6) is 0.707. The molecule has 0 radical (unpaired) electrons. The molecule has 1 aromatic heterocycles. The van der Waals surface area contributed by atoms with Gasteiger partial charge in [0.1, 0.15) is 5.82 Å². The highest BCUT2D eigenvalue weighted by atomic mass is 15.3. The van der Waals surface area contributed by atoms with Crippen LogP contribution in [0.4, 0.5) is 5.82 Å². The zero-order valence-electron chi connectivity index (χ0n) is 9.07. The second-order valence-electron chi connectivity index (χ2n) is 3.79. The van der Waals surface area contributed by atoms with Crippen LogP contribution < -0.4 is 5.73 Å². The molecular weight excluding hydrogens is 186 g/mol. The number of nitrogen functional groups attached to an aromatic ring is 1. The van der Waals surface area contributed by atoms with Gasteiger partial charge in [0.15, 0.2) is 0 Å². The number of aryl methyl sites for hydroxylation is 2. The lowest BCUT2D eigenvalue weighted by molar-refractivity contribution is 0.758. The molecule has 3 nitrogen and oxygen atoms in total. The first kappa shape index (κ1) is 9.77. The van der Waals surface area contributed by atoms with Gasteiger partial charge >= 0.3 is 0 Å². The average molecular weight is 201 g/mol. The van der Waals surface area contributed by atoms with E-state index in [-0.39, 0.29) is 0 Å². The third-order valence-corrected chi connectivity index (χ3v) is 2.60. The molecule has 0 amide bonds. The lowest BCUT2D eigenvalue weighted by Crippen LogP contribution is -1.97. The molecule has 1 aromatic carbocycles. The summed E-state index contributed by atoms with van der Waals surface area (Å²) in [6, 6.07) is 10.3. The van der Waals surface area contributed by atoms with Crippen molar-refractivity contribution in [3.63, 3.8) is 0 Å². The summed E-state index contributed by atoms with van der Waals surface area (Å²) < 4.78 is 1.70. The highest BCUT2D eigenvalue weighted by molar-refractivity contribution is 5.35. The summed E-state index contributed by atoms with van der Waals surface area (Å²) in [5, 5.41) is 4.34. The van der Waals surface area contributed by atoms with Gasteiger partial charge in [-0.3, -0.25) is 4.68 Å². The van der Waals surface area contributed by atoms with Crippen LogP contribution in [0.1, 0.15) is 16.8 Å². The monoisotopic (exact) mass is 201 g/mol. The Bertz CT molecular complexity index is 452. The maximum absolute atomic E-state index is 5.73. The Balaban J connectivity index is 2.26. The minimum absolute atomic E-state index is 0.707. The molecule has 0 saturated carbocycles. The molecule has 0 aliphatic rings. The van der Waals surface area contributed by atoms with E-state index in [1.165, 1.54) is 11.1 Å². The second-order valence-corrected chi connectivity index (χ2v) is 3.79. The fourth-order valence-electron chi connectivity index (χ4n) is 1.63. The van der Waals surface area contributed by atoms with Crippen molar-refractivity contribution in [1.82, 2.24) is 9.78 Å². The summed E-state index contributed by atoms with van der Waals surface area (Å²) in [6.07, 6.45) is 0.845. The Morgan fingerprint density at radius 1 is 1.33 bits per heavy atom. The molecule has 78 valence electrons. The number of nitrogens with zero attached hydrogens (tertiary/aromatic N) is 2. The van der Waals surface area contributed by atoms with E-state index in [2.05, 4.69) is 30.2 Å². The van der Waals surface area contributed by atoms with Crippen molar-refractivity contribution in [1.29, 1.82) is 0 Å². The predicted molar refractivity (Wildman–Crippen MR) is 61.6 cm³/mol. The molecule has 2 aromatic rings. The van der Waals surface area contributed by atoms with Gasteiger partial charge in [-0.1, -0.05) is 24.3 Å². The van der Waals surface area contributed by atoms with E-state index in [0.29, 0.717) is 5.82 Å². The Hall–Kier alpha value is -1.77. The highest BCUT2D eigenvalue weighted by Crippen LogP contribution is 2.14. The quantitative estimate of drug-likeness (QED) is 0.806. The van der Waals surface area contributed by atoms with Crippen LogP contribution in [0.15, 0.2) is 30.3 Å². The highest BCUT2D eigenvalue weighted by Gasteiger charge is 2.04. The van der Waals surface area contributed by atoms with Gasteiger partial charge in [-0.05, 0) is 18.1 Å². The summed E-state index contributed by atoms with van der Waals surface area (Å²) in [6.45, 7) is 2.11. The standard InChI is InChI=1S/C12H15N3/c1-9-5-3-4-6-10(9)7-11-8-12(13)15(2)14-11/h3-6,8H,7,13H2,1-2H3. The van der Waals surface area contributed by atoms with Crippen molar-refractivity contribution in [3.8, 4) is 0 Å². The van der Waals surface area contributed by atoms with Crippen molar-refractivity contribution in [3.05, 3.63) is 47.2 Å². The largest absolute Gasteiger partial charge is 0.384 e. The van der Waals surface area contributed by atoms with Crippen molar-refractivity contribution in [2.45, 2.75) is 13.3 Å². The third kappa shape index (κ3) is 2.01. The SMILES string of the molecule is Cc1ccccc1Cc1cc(N)n(C)n1. The first-order chi connectivity index (χ1) is 7.16. The summed E-state index contributed by atoms with van der Waals surface area (Å²) in [5.41, 5.74) is 9.35. The molecule has 15 heavy (non-hydrogen) atoms. The van der Waals surface area contributed by atoms with Crippen LogP contribution in [-0.4, -0.2) is 9.78 Å². The average Bonchev–Trinajstić information content (AvgIpc) is 2.50. The molecule has 2 rings (SSSR count). The zero-order valence-corrected chi connectivity index (χ0v) is 9.07. The van der Waals surface area contributed by atoms with Crippen molar-refractivity contribution in [2.24, 2.45) is 7.05 Å². The van der Waals surface area contributed by atoms with E-state index in [9.17, 15) is 0 Å². The maximum atomic E-state index is 5.73. The molecule has 0 unspecified atom stereocenters. The van der Waals surface area contributed by atoms with Gasteiger partial charge in [0.2, 0.25) is 0 Å². The Kier molecular flexibility index (Phi) is 2.46. The van der Waals surface area contributed by atoms with Crippen LogP contribution >= 0.6 is 0 Å². The first-order valence-electron chi connectivity index (χ1n) is 4.99.